The molecule has 0 fully saturated rings. The molecule has 0 heterocycles. The van der Waals surface area contributed by atoms with Crippen LogP contribution in [0.4, 0.5) is 34.1 Å². The van der Waals surface area contributed by atoms with Gasteiger partial charge < -0.3 is 9.80 Å². The molecule has 7 aromatic rings. The summed E-state index contributed by atoms with van der Waals surface area (Å²) >= 11 is 0. The smallest absolute Gasteiger partial charge is 0.0462 e. The van der Waals surface area contributed by atoms with E-state index in [2.05, 4.69) is 233 Å². The van der Waals surface area contributed by atoms with Crippen molar-refractivity contribution in [2.24, 2.45) is 0 Å². The highest BCUT2D eigenvalue weighted by atomic mass is 15.1. The zero-order chi connectivity index (χ0) is 37.6. The summed E-state index contributed by atoms with van der Waals surface area (Å²) in [6, 6.07) is 57.1. The van der Waals surface area contributed by atoms with Crippen molar-refractivity contribution in [1.82, 2.24) is 0 Å². The summed E-state index contributed by atoms with van der Waals surface area (Å²) in [7, 11) is 0. The number of hydrogen-bond donors (Lipinski definition) is 0. The SMILES string of the molecule is Cc1ccc(N(c2ccc(C)cc2)c2ccc(/C=C/c3cc(C)c(/C=C/c4ccc(N(c5ccc(C)cc5)c5ccc(C)cc5)cc4)cc3C)cc2)cc1. The normalized spacial score (nSPS) is 11.4. The number of anilines is 6. The average molecular weight is 701 g/mol. The fourth-order valence-electron chi connectivity index (χ4n) is 6.73. The molecule has 0 N–H and O–H groups in total. The van der Waals surface area contributed by atoms with Gasteiger partial charge in [0, 0.05) is 34.1 Å². The summed E-state index contributed by atoms with van der Waals surface area (Å²) in [5.41, 5.74) is 19.1. The number of hydrogen-bond acceptors (Lipinski definition) is 2. The number of rotatable bonds is 10. The van der Waals surface area contributed by atoms with Gasteiger partial charge in [0.25, 0.3) is 0 Å². The van der Waals surface area contributed by atoms with Gasteiger partial charge in [0.2, 0.25) is 0 Å². The lowest BCUT2D eigenvalue weighted by molar-refractivity contribution is 1.27. The Labute approximate surface area is 322 Å². The summed E-state index contributed by atoms with van der Waals surface area (Å²) in [4.78, 5) is 4.62. The molecule has 7 rings (SSSR count). The van der Waals surface area contributed by atoms with Gasteiger partial charge in [0.05, 0.1) is 0 Å². The molecule has 0 radical (unpaired) electrons. The van der Waals surface area contributed by atoms with E-state index in [0.29, 0.717) is 0 Å². The second-order valence-corrected chi connectivity index (χ2v) is 14.4. The summed E-state index contributed by atoms with van der Waals surface area (Å²) in [6.07, 6.45) is 8.88. The Morgan fingerprint density at radius 2 is 0.500 bits per heavy atom. The van der Waals surface area contributed by atoms with Crippen molar-refractivity contribution >= 4 is 58.4 Å². The molecule has 0 unspecified atom stereocenters. The van der Waals surface area contributed by atoms with Gasteiger partial charge in [-0.3, -0.25) is 0 Å². The largest absolute Gasteiger partial charge is 0.311 e. The van der Waals surface area contributed by atoms with Crippen LogP contribution in [-0.4, -0.2) is 0 Å². The fraction of sp³-hybridized carbons (Fsp3) is 0.115. The number of nitrogens with zero attached hydrogens (tertiary/aromatic N) is 2. The molecule has 0 saturated carbocycles. The van der Waals surface area contributed by atoms with E-state index in [-0.39, 0.29) is 0 Å². The Kier molecular flexibility index (Phi) is 10.7. The molecule has 7 aromatic carbocycles. The van der Waals surface area contributed by atoms with Crippen LogP contribution in [0.3, 0.4) is 0 Å². The molecule has 0 spiro atoms. The molecule has 266 valence electrons. The molecular weight excluding hydrogens is 653 g/mol. The van der Waals surface area contributed by atoms with Crippen LogP contribution < -0.4 is 9.80 Å². The van der Waals surface area contributed by atoms with Crippen molar-refractivity contribution in [1.29, 1.82) is 0 Å². The molecule has 0 aliphatic heterocycles. The van der Waals surface area contributed by atoms with Crippen LogP contribution in [0.15, 0.2) is 158 Å². The van der Waals surface area contributed by atoms with Gasteiger partial charge in [0.1, 0.15) is 0 Å². The molecule has 0 aliphatic rings. The monoisotopic (exact) mass is 700 g/mol. The summed E-state index contributed by atoms with van der Waals surface area (Å²) < 4.78 is 0. The third kappa shape index (κ3) is 8.46. The van der Waals surface area contributed by atoms with Gasteiger partial charge in [-0.25, -0.2) is 0 Å². The third-order valence-corrected chi connectivity index (χ3v) is 10.0. The van der Waals surface area contributed by atoms with Gasteiger partial charge in [-0.2, -0.15) is 0 Å². The highest BCUT2D eigenvalue weighted by Crippen LogP contribution is 2.36. The van der Waals surface area contributed by atoms with E-state index >= 15 is 0 Å². The minimum atomic E-state index is 1.13. The van der Waals surface area contributed by atoms with E-state index in [1.807, 2.05) is 0 Å². The Bertz CT molecular complexity index is 2110. The first-order valence-electron chi connectivity index (χ1n) is 18.7. The second-order valence-electron chi connectivity index (χ2n) is 14.4. The fourth-order valence-corrected chi connectivity index (χ4v) is 6.73. The molecule has 0 bridgehead atoms. The Hall–Kier alpha value is -6.38. The predicted molar refractivity (Wildman–Crippen MR) is 235 cm³/mol. The first-order chi connectivity index (χ1) is 26.2. The highest BCUT2D eigenvalue weighted by Gasteiger charge is 2.14. The minimum Gasteiger partial charge on any atom is -0.311 e. The van der Waals surface area contributed by atoms with Gasteiger partial charge in [-0.1, -0.05) is 131 Å². The first-order valence-corrected chi connectivity index (χ1v) is 18.7. The average Bonchev–Trinajstić information content (AvgIpc) is 3.18. The lowest BCUT2D eigenvalue weighted by Crippen LogP contribution is -2.09. The van der Waals surface area contributed by atoms with Crippen molar-refractivity contribution < 1.29 is 0 Å². The van der Waals surface area contributed by atoms with Gasteiger partial charge in [-0.15, -0.1) is 0 Å². The third-order valence-electron chi connectivity index (χ3n) is 10.0. The molecule has 0 amide bonds. The van der Waals surface area contributed by atoms with Crippen LogP contribution in [0, 0.1) is 41.5 Å². The predicted octanol–water partition coefficient (Wildman–Crippen LogP) is 14.8. The summed E-state index contributed by atoms with van der Waals surface area (Å²) in [5.74, 6) is 0. The Morgan fingerprint density at radius 1 is 0.278 bits per heavy atom. The maximum absolute atomic E-state index is 2.31. The van der Waals surface area contributed by atoms with Crippen LogP contribution in [0.5, 0.6) is 0 Å². The lowest BCUT2D eigenvalue weighted by Gasteiger charge is -2.26. The quantitative estimate of drug-likeness (QED) is 0.131. The van der Waals surface area contributed by atoms with Crippen molar-refractivity contribution in [2.75, 3.05) is 9.80 Å². The van der Waals surface area contributed by atoms with Crippen LogP contribution in [0.1, 0.15) is 55.6 Å². The zero-order valence-corrected chi connectivity index (χ0v) is 32.2. The second kappa shape index (κ2) is 16.1. The van der Waals surface area contributed by atoms with E-state index < -0.39 is 0 Å². The van der Waals surface area contributed by atoms with Crippen LogP contribution >= 0.6 is 0 Å². The van der Waals surface area contributed by atoms with Gasteiger partial charge in [-0.05, 0) is 148 Å². The van der Waals surface area contributed by atoms with Crippen LogP contribution in [0.25, 0.3) is 24.3 Å². The van der Waals surface area contributed by atoms with E-state index in [9.17, 15) is 0 Å². The summed E-state index contributed by atoms with van der Waals surface area (Å²) in [6.45, 7) is 12.9. The molecule has 0 atom stereocenters. The molecule has 54 heavy (non-hydrogen) atoms. The molecule has 2 nitrogen and oxygen atoms in total. The van der Waals surface area contributed by atoms with Crippen molar-refractivity contribution in [3.8, 4) is 0 Å². The Morgan fingerprint density at radius 3 is 0.741 bits per heavy atom. The van der Waals surface area contributed by atoms with E-state index in [1.165, 1.54) is 55.6 Å². The minimum absolute atomic E-state index is 1.13. The highest BCUT2D eigenvalue weighted by molar-refractivity contribution is 5.81. The molecule has 0 saturated heterocycles. The van der Waals surface area contributed by atoms with Crippen LogP contribution in [-0.2, 0) is 0 Å². The van der Waals surface area contributed by atoms with Crippen molar-refractivity contribution in [3.63, 3.8) is 0 Å². The standard InChI is InChI=1S/C52H48N2/c1-37-7-23-47(24-8-37)53(48-25-9-38(2)10-26-48)51-31-17-43(18-32-51)15-21-45-35-42(6)46(36-41(45)5)22-16-44-19-33-52(34-20-44)54(49-27-11-39(3)12-28-49)50-29-13-40(4)14-30-50/h7-36H,1-6H3/b21-15+,22-16+. The molecule has 2 heteroatoms. The van der Waals surface area contributed by atoms with E-state index in [0.717, 1.165) is 34.1 Å². The first kappa shape index (κ1) is 36.0. The Balaban J connectivity index is 1.07. The topological polar surface area (TPSA) is 6.48 Å². The van der Waals surface area contributed by atoms with Gasteiger partial charge >= 0.3 is 0 Å². The van der Waals surface area contributed by atoms with Gasteiger partial charge in [0.15, 0.2) is 0 Å². The lowest BCUT2D eigenvalue weighted by atomic mass is 9.98. The molecular formula is C52H48N2. The van der Waals surface area contributed by atoms with Crippen LogP contribution in [0.2, 0.25) is 0 Å². The summed E-state index contributed by atoms with van der Waals surface area (Å²) in [5, 5.41) is 0. The maximum atomic E-state index is 2.31. The number of aryl methyl sites for hydroxylation is 6. The zero-order valence-electron chi connectivity index (χ0n) is 32.2. The maximum Gasteiger partial charge on any atom is 0.0462 e. The van der Waals surface area contributed by atoms with E-state index in [1.54, 1.807) is 0 Å². The van der Waals surface area contributed by atoms with Crippen molar-refractivity contribution in [2.45, 2.75) is 41.5 Å². The number of benzene rings is 7. The van der Waals surface area contributed by atoms with Crippen molar-refractivity contribution in [3.05, 3.63) is 213 Å². The molecule has 0 aliphatic carbocycles. The molecule has 0 aromatic heterocycles. The van der Waals surface area contributed by atoms with E-state index in [4.69, 9.17) is 0 Å².